The number of piperazine rings is 1. The number of nitrogens with zero attached hydrogens (tertiary/aromatic N) is 5. The van der Waals surface area contributed by atoms with Crippen LogP contribution in [0.1, 0.15) is 13.8 Å². The molecular formula is C26H32N8O2. The van der Waals surface area contributed by atoms with Gasteiger partial charge in [-0.25, -0.2) is 9.97 Å². The summed E-state index contributed by atoms with van der Waals surface area (Å²) in [6.07, 6.45) is 5.24. The van der Waals surface area contributed by atoms with E-state index in [1.165, 1.54) is 6.92 Å². The molecule has 3 heterocycles. The molecule has 1 saturated heterocycles. The summed E-state index contributed by atoms with van der Waals surface area (Å²) in [5, 5.41) is 8.99. The van der Waals surface area contributed by atoms with Crippen molar-refractivity contribution in [2.24, 2.45) is 0 Å². The fourth-order valence-corrected chi connectivity index (χ4v) is 4.21. The van der Waals surface area contributed by atoms with Crippen molar-refractivity contribution in [3.63, 3.8) is 0 Å². The molecule has 10 nitrogen and oxygen atoms in total. The van der Waals surface area contributed by atoms with Gasteiger partial charge in [-0.05, 0) is 37.3 Å². The summed E-state index contributed by atoms with van der Waals surface area (Å²) in [6.45, 7) is 7.50. The summed E-state index contributed by atoms with van der Waals surface area (Å²) in [5.74, 6) is 0.795. The minimum absolute atomic E-state index is 0.0677. The molecule has 0 radical (unpaired) electrons. The molecule has 2 amide bonds. The zero-order valence-electron chi connectivity index (χ0n) is 20.6. The number of pyridine rings is 1. The maximum Gasteiger partial charge on any atom is 0.239 e. The Kier molecular flexibility index (Phi) is 8.40. The van der Waals surface area contributed by atoms with Crippen molar-refractivity contribution in [1.82, 2.24) is 25.2 Å². The fourth-order valence-electron chi connectivity index (χ4n) is 4.21. The van der Waals surface area contributed by atoms with E-state index in [4.69, 9.17) is 0 Å². The van der Waals surface area contributed by atoms with Gasteiger partial charge in [0.1, 0.15) is 5.82 Å². The van der Waals surface area contributed by atoms with E-state index < -0.39 is 0 Å². The third-order valence-corrected chi connectivity index (χ3v) is 6.05. The molecule has 4 rings (SSSR count). The lowest BCUT2D eigenvalue weighted by Gasteiger charge is -2.40. The molecule has 3 aromatic rings. The van der Waals surface area contributed by atoms with Crippen molar-refractivity contribution < 1.29 is 9.59 Å². The van der Waals surface area contributed by atoms with Gasteiger partial charge in [0.25, 0.3) is 0 Å². The molecule has 36 heavy (non-hydrogen) atoms. The molecular weight excluding hydrogens is 456 g/mol. The van der Waals surface area contributed by atoms with Crippen LogP contribution in [0.3, 0.4) is 0 Å². The number of rotatable bonds is 9. The maximum atomic E-state index is 12.8. The van der Waals surface area contributed by atoms with E-state index in [1.807, 2.05) is 36.4 Å². The van der Waals surface area contributed by atoms with Crippen molar-refractivity contribution >= 4 is 29.0 Å². The molecule has 0 bridgehead atoms. The highest BCUT2D eigenvalue weighted by molar-refractivity contribution is 5.91. The smallest absolute Gasteiger partial charge is 0.239 e. The van der Waals surface area contributed by atoms with Crippen LogP contribution in [0.2, 0.25) is 0 Å². The third kappa shape index (κ3) is 6.76. The Morgan fingerprint density at radius 1 is 1.03 bits per heavy atom. The second-order valence-corrected chi connectivity index (χ2v) is 8.74. The highest BCUT2D eigenvalue weighted by Crippen LogP contribution is 2.25. The van der Waals surface area contributed by atoms with Crippen LogP contribution in [0.25, 0.3) is 11.4 Å². The van der Waals surface area contributed by atoms with Crippen LogP contribution in [-0.2, 0) is 9.59 Å². The minimum Gasteiger partial charge on any atom is -0.383 e. The molecule has 1 aromatic carbocycles. The summed E-state index contributed by atoms with van der Waals surface area (Å²) in [5.41, 5.74) is 2.82. The van der Waals surface area contributed by atoms with Gasteiger partial charge in [-0.2, -0.15) is 0 Å². The van der Waals surface area contributed by atoms with Crippen LogP contribution < -0.4 is 20.9 Å². The van der Waals surface area contributed by atoms with Gasteiger partial charge in [0.05, 0.1) is 6.54 Å². The summed E-state index contributed by atoms with van der Waals surface area (Å²) in [6, 6.07) is 13.6. The molecule has 0 spiro atoms. The third-order valence-electron chi connectivity index (χ3n) is 6.05. The zero-order chi connectivity index (χ0) is 25.3. The topological polar surface area (TPSA) is 115 Å². The van der Waals surface area contributed by atoms with Crippen LogP contribution in [0.5, 0.6) is 0 Å². The van der Waals surface area contributed by atoms with Crippen molar-refractivity contribution in [2.45, 2.75) is 19.9 Å². The van der Waals surface area contributed by atoms with Crippen molar-refractivity contribution in [3.8, 4) is 11.4 Å². The number of nitrogens with one attached hydrogen (secondary N) is 3. The number of carbonyl (C=O) groups is 2. The Morgan fingerprint density at radius 3 is 2.61 bits per heavy atom. The average Bonchev–Trinajstić information content (AvgIpc) is 2.88. The SMILES string of the molecule is CC(=O)NCCNc1ccccc1-c1nccc(NC(=O)CN2CCN(c3ccncc3)CC2C)n1. The number of anilines is 3. The van der Waals surface area contributed by atoms with E-state index in [9.17, 15) is 9.59 Å². The number of benzene rings is 1. The van der Waals surface area contributed by atoms with Gasteiger partial charge in [0.2, 0.25) is 11.8 Å². The van der Waals surface area contributed by atoms with Crippen molar-refractivity contribution in [2.75, 3.05) is 54.8 Å². The van der Waals surface area contributed by atoms with Crippen LogP contribution >= 0.6 is 0 Å². The monoisotopic (exact) mass is 488 g/mol. The standard InChI is InChI=1S/C26H32N8O2/c1-19-17-34(21-7-10-27-11-8-21)16-15-33(19)18-25(36)31-24-9-12-30-26(32-24)22-5-3-4-6-23(22)29-14-13-28-20(2)35/h3-12,19,29H,13-18H2,1-2H3,(H,28,35)(H,30,31,32,36). The predicted octanol–water partition coefficient (Wildman–Crippen LogP) is 2.24. The van der Waals surface area contributed by atoms with Gasteiger partial charge in [-0.3, -0.25) is 19.5 Å². The van der Waals surface area contributed by atoms with Gasteiger partial charge in [0, 0.05) is 81.2 Å². The Bertz CT molecular complexity index is 1170. The molecule has 1 atom stereocenters. The number of hydrogen-bond acceptors (Lipinski definition) is 8. The van der Waals surface area contributed by atoms with Gasteiger partial charge >= 0.3 is 0 Å². The molecule has 10 heteroatoms. The fraction of sp³-hybridized carbons (Fsp3) is 0.346. The van der Waals surface area contributed by atoms with E-state index >= 15 is 0 Å². The lowest BCUT2D eigenvalue weighted by Crippen LogP contribution is -2.53. The number of carbonyl (C=O) groups excluding carboxylic acids is 2. The van der Waals surface area contributed by atoms with Gasteiger partial charge in [-0.1, -0.05) is 12.1 Å². The highest BCUT2D eigenvalue weighted by Gasteiger charge is 2.25. The zero-order valence-corrected chi connectivity index (χ0v) is 20.6. The first-order valence-corrected chi connectivity index (χ1v) is 12.1. The molecule has 0 aliphatic carbocycles. The number of aromatic nitrogens is 3. The first kappa shape index (κ1) is 25.1. The molecule has 1 unspecified atom stereocenters. The number of amides is 2. The van der Waals surface area contributed by atoms with E-state index in [0.717, 1.165) is 36.6 Å². The van der Waals surface area contributed by atoms with Crippen molar-refractivity contribution in [1.29, 1.82) is 0 Å². The van der Waals surface area contributed by atoms with E-state index in [0.29, 0.717) is 31.3 Å². The van der Waals surface area contributed by atoms with Gasteiger partial charge in [0.15, 0.2) is 5.82 Å². The van der Waals surface area contributed by atoms with Gasteiger partial charge in [-0.15, -0.1) is 0 Å². The molecule has 1 aliphatic rings. The number of hydrogen-bond donors (Lipinski definition) is 3. The lowest BCUT2D eigenvalue weighted by molar-refractivity contribution is -0.119. The van der Waals surface area contributed by atoms with Crippen LogP contribution in [-0.4, -0.2) is 77.0 Å². The predicted molar refractivity (Wildman–Crippen MR) is 141 cm³/mol. The van der Waals surface area contributed by atoms with Crippen LogP contribution in [0, 0.1) is 0 Å². The van der Waals surface area contributed by atoms with Crippen LogP contribution in [0.4, 0.5) is 17.2 Å². The van der Waals surface area contributed by atoms with E-state index in [1.54, 1.807) is 24.7 Å². The highest BCUT2D eigenvalue weighted by atomic mass is 16.2. The molecule has 1 fully saturated rings. The average molecular weight is 489 g/mol. The van der Waals surface area contributed by atoms with E-state index in [-0.39, 0.29) is 17.9 Å². The second kappa shape index (κ2) is 12.1. The summed E-state index contributed by atoms with van der Waals surface area (Å²) in [7, 11) is 0. The molecule has 2 aromatic heterocycles. The number of para-hydroxylation sites is 1. The first-order chi connectivity index (χ1) is 17.5. The Hall–Kier alpha value is -4.05. The molecule has 1 aliphatic heterocycles. The van der Waals surface area contributed by atoms with Crippen LogP contribution in [0.15, 0.2) is 61.1 Å². The molecule has 0 saturated carbocycles. The Morgan fingerprint density at radius 2 is 1.83 bits per heavy atom. The summed E-state index contributed by atoms with van der Waals surface area (Å²) < 4.78 is 0. The Labute approximate surface area is 211 Å². The van der Waals surface area contributed by atoms with E-state index in [2.05, 4.69) is 47.6 Å². The summed E-state index contributed by atoms with van der Waals surface area (Å²) >= 11 is 0. The largest absolute Gasteiger partial charge is 0.383 e. The van der Waals surface area contributed by atoms with Crippen molar-refractivity contribution in [3.05, 3.63) is 61.1 Å². The molecule has 3 N–H and O–H groups in total. The maximum absolute atomic E-state index is 12.8. The van der Waals surface area contributed by atoms with Gasteiger partial charge < -0.3 is 20.9 Å². The normalized spacial score (nSPS) is 15.8. The minimum atomic E-state index is -0.106. The summed E-state index contributed by atoms with van der Waals surface area (Å²) in [4.78, 5) is 41.5. The quantitative estimate of drug-likeness (QED) is 0.393. The lowest BCUT2D eigenvalue weighted by atomic mass is 10.1. The molecule has 188 valence electrons. The second-order valence-electron chi connectivity index (χ2n) is 8.74. The first-order valence-electron chi connectivity index (χ1n) is 12.1. The Balaban J connectivity index is 1.35.